The van der Waals surface area contributed by atoms with Gasteiger partial charge in [-0.1, -0.05) is 15.9 Å². The molecular weight excluding hydrogens is 142 g/mol. The molecule has 8 heavy (non-hydrogen) atoms. The molecule has 0 aliphatic heterocycles. The van der Waals surface area contributed by atoms with E-state index in [1.165, 1.54) is 10.8 Å². The number of nitrogens with zero attached hydrogens (tertiary/aromatic N) is 1. The van der Waals surface area contributed by atoms with E-state index in [9.17, 15) is 0 Å². The molecule has 2 nitrogen and oxygen atoms in total. The highest BCUT2D eigenvalue weighted by molar-refractivity contribution is 8.68. The minimum atomic E-state index is 0.756. The zero-order valence-electron chi connectivity index (χ0n) is 4.66. The Labute approximate surface area is 58.2 Å². The van der Waals surface area contributed by atoms with Crippen molar-refractivity contribution in [3.05, 3.63) is 0 Å². The van der Waals surface area contributed by atoms with Gasteiger partial charge in [-0.25, -0.2) is 0 Å². The maximum atomic E-state index is 8.12. The van der Waals surface area contributed by atoms with Crippen LogP contribution in [0, 0.1) is 0 Å². The molecule has 0 aliphatic rings. The molecule has 0 bridgehead atoms. The summed E-state index contributed by atoms with van der Waals surface area (Å²) in [5.41, 5.74) is 0.756. The van der Waals surface area contributed by atoms with Crippen LogP contribution in [0.2, 0.25) is 0 Å². The monoisotopic (exact) mass is 151 g/mol. The molecule has 0 spiro atoms. The summed E-state index contributed by atoms with van der Waals surface area (Å²) in [5, 5.41) is 11.1. The summed E-state index contributed by atoms with van der Waals surface area (Å²) in [6.45, 7) is 1.78. The minimum absolute atomic E-state index is 0.756. The first-order valence-corrected chi connectivity index (χ1v) is 4.29. The molecule has 0 rings (SSSR count). The van der Waals surface area contributed by atoms with Gasteiger partial charge in [-0.2, -0.15) is 0 Å². The largest absolute Gasteiger partial charge is 0.411 e. The van der Waals surface area contributed by atoms with Gasteiger partial charge in [-0.05, 0) is 13.3 Å². The third-order valence-corrected chi connectivity index (χ3v) is 1.66. The Balaban J connectivity index is 3.12. The Bertz CT molecular complexity index is 84.1. The van der Waals surface area contributed by atoms with Crippen LogP contribution in [0.15, 0.2) is 5.16 Å². The van der Waals surface area contributed by atoms with Crippen LogP contribution in [0.25, 0.3) is 0 Å². The molecule has 0 unspecified atom stereocenters. The van der Waals surface area contributed by atoms with E-state index in [1.807, 2.05) is 0 Å². The first-order chi connectivity index (χ1) is 3.81. The zero-order chi connectivity index (χ0) is 6.41. The van der Waals surface area contributed by atoms with E-state index in [2.05, 4.69) is 16.8 Å². The number of hydrogen-bond donors (Lipinski definition) is 2. The summed E-state index contributed by atoms with van der Waals surface area (Å²) < 4.78 is 0. The number of hydrogen-bond acceptors (Lipinski definition) is 4. The summed E-state index contributed by atoms with van der Waals surface area (Å²) in [6.07, 6.45) is 0.810. The molecule has 1 N–H and O–H groups in total. The first kappa shape index (κ1) is 8.17. The molecule has 0 aliphatic carbocycles. The van der Waals surface area contributed by atoms with Gasteiger partial charge in [0.1, 0.15) is 0 Å². The molecular formula is C4H9NOS2. The van der Waals surface area contributed by atoms with Crippen LogP contribution in [-0.4, -0.2) is 16.7 Å². The second kappa shape index (κ2) is 5.31. The molecule has 0 saturated heterocycles. The molecule has 4 heteroatoms. The highest BCUT2D eigenvalue weighted by Gasteiger charge is 1.88. The number of oxime groups is 1. The Morgan fingerprint density at radius 1 is 1.88 bits per heavy atom. The maximum Gasteiger partial charge on any atom is 0.0548 e. The van der Waals surface area contributed by atoms with Crippen molar-refractivity contribution < 1.29 is 5.21 Å². The molecule has 0 aromatic rings. The molecule has 0 atom stereocenters. The van der Waals surface area contributed by atoms with Gasteiger partial charge in [0.25, 0.3) is 0 Å². The fourth-order valence-electron chi connectivity index (χ4n) is 0.243. The lowest BCUT2D eigenvalue weighted by Gasteiger charge is -1.91. The van der Waals surface area contributed by atoms with Crippen LogP contribution in [0.1, 0.15) is 13.3 Å². The standard InChI is InChI=1S/C4H9NOS2/c1-4(5-6)2-3-8-7/h6-7H,2-3H2,1H3. The van der Waals surface area contributed by atoms with Crippen molar-refractivity contribution in [3.8, 4) is 0 Å². The van der Waals surface area contributed by atoms with Crippen molar-refractivity contribution in [2.24, 2.45) is 5.16 Å². The van der Waals surface area contributed by atoms with Crippen LogP contribution < -0.4 is 0 Å². The third-order valence-electron chi connectivity index (χ3n) is 0.726. The molecule has 0 amide bonds. The predicted molar refractivity (Wildman–Crippen MR) is 41.0 cm³/mol. The number of rotatable bonds is 3. The van der Waals surface area contributed by atoms with E-state index < -0.39 is 0 Å². The van der Waals surface area contributed by atoms with Crippen molar-refractivity contribution in [2.45, 2.75) is 13.3 Å². The van der Waals surface area contributed by atoms with Crippen molar-refractivity contribution in [2.75, 3.05) is 5.75 Å². The maximum absolute atomic E-state index is 8.12. The van der Waals surface area contributed by atoms with E-state index in [0.29, 0.717) is 0 Å². The van der Waals surface area contributed by atoms with Crippen molar-refractivity contribution in [3.63, 3.8) is 0 Å². The van der Waals surface area contributed by atoms with Crippen molar-refractivity contribution >= 4 is 28.2 Å². The quantitative estimate of drug-likeness (QED) is 0.212. The van der Waals surface area contributed by atoms with Gasteiger partial charge in [-0.3, -0.25) is 0 Å². The summed E-state index contributed by atoms with van der Waals surface area (Å²) in [6, 6.07) is 0. The van der Waals surface area contributed by atoms with Gasteiger partial charge < -0.3 is 5.21 Å². The zero-order valence-corrected chi connectivity index (χ0v) is 6.38. The van der Waals surface area contributed by atoms with Crippen LogP contribution in [-0.2, 0) is 0 Å². The lowest BCUT2D eigenvalue weighted by atomic mass is 10.3. The van der Waals surface area contributed by atoms with Gasteiger partial charge in [0, 0.05) is 5.75 Å². The van der Waals surface area contributed by atoms with Crippen LogP contribution in [0.4, 0.5) is 0 Å². The third kappa shape index (κ3) is 4.33. The Hall–Kier alpha value is 0.170. The van der Waals surface area contributed by atoms with E-state index in [4.69, 9.17) is 5.21 Å². The highest BCUT2D eigenvalue weighted by atomic mass is 33.1. The van der Waals surface area contributed by atoms with Crippen LogP contribution in [0.3, 0.4) is 0 Å². The topological polar surface area (TPSA) is 32.6 Å². The average Bonchev–Trinajstić information content (AvgIpc) is 1.83. The summed E-state index contributed by atoms with van der Waals surface area (Å²) in [4.78, 5) is 0. The molecule has 0 fully saturated rings. The van der Waals surface area contributed by atoms with Gasteiger partial charge in [0.2, 0.25) is 0 Å². The summed E-state index contributed by atoms with van der Waals surface area (Å²) in [5.74, 6) is 0.902. The summed E-state index contributed by atoms with van der Waals surface area (Å²) >= 11 is 3.91. The fourth-order valence-corrected chi connectivity index (χ4v) is 0.904. The Morgan fingerprint density at radius 3 is 2.88 bits per heavy atom. The van der Waals surface area contributed by atoms with Gasteiger partial charge in [0.15, 0.2) is 0 Å². The van der Waals surface area contributed by atoms with Gasteiger partial charge >= 0.3 is 0 Å². The van der Waals surface area contributed by atoms with E-state index in [-0.39, 0.29) is 0 Å². The molecule has 0 aromatic heterocycles. The fraction of sp³-hybridized carbons (Fsp3) is 0.750. The minimum Gasteiger partial charge on any atom is -0.411 e. The van der Waals surface area contributed by atoms with Gasteiger partial charge in [-0.15, -0.1) is 11.7 Å². The van der Waals surface area contributed by atoms with Gasteiger partial charge in [0.05, 0.1) is 5.71 Å². The number of thiol groups is 1. The molecule has 0 heterocycles. The van der Waals surface area contributed by atoms with Crippen LogP contribution in [0.5, 0.6) is 0 Å². The Kier molecular flexibility index (Phi) is 5.42. The van der Waals surface area contributed by atoms with E-state index >= 15 is 0 Å². The average molecular weight is 151 g/mol. The van der Waals surface area contributed by atoms with Crippen molar-refractivity contribution in [1.29, 1.82) is 0 Å². The van der Waals surface area contributed by atoms with Crippen molar-refractivity contribution in [1.82, 2.24) is 0 Å². The lowest BCUT2D eigenvalue weighted by Crippen LogP contribution is -1.91. The van der Waals surface area contributed by atoms with E-state index in [0.717, 1.165) is 17.9 Å². The molecule has 0 aromatic carbocycles. The lowest BCUT2D eigenvalue weighted by molar-refractivity contribution is 0.317. The van der Waals surface area contributed by atoms with Crippen LogP contribution >= 0.6 is 22.5 Å². The second-order valence-electron chi connectivity index (χ2n) is 1.42. The summed E-state index contributed by atoms with van der Waals surface area (Å²) in [7, 11) is 1.45. The smallest absolute Gasteiger partial charge is 0.0548 e. The second-order valence-corrected chi connectivity index (χ2v) is 2.86. The molecule has 48 valence electrons. The Morgan fingerprint density at radius 2 is 2.50 bits per heavy atom. The van der Waals surface area contributed by atoms with E-state index in [1.54, 1.807) is 6.92 Å². The molecule has 0 saturated carbocycles. The molecule has 0 radical (unpaired) electrons. The first-order valence-electron chi connectivity index (χ1n) is 2.25. The highest BCUT2D eigenvalue weighted by Crippen LogP contribution is 2.06. The SMILES string of the molecule is CC(CCSS)=NO. The normalized spacial score (nSPS) is 12.0. The predicted octanol–water partition coefficient (Wildman–Crippen LogP) is 1.80.